The van der Waals surface area contributed by atoms with Crippen molar-refractivity contribution in [3.63, 3.8) is 0 Å². The predicted molar refractivity (Wildman–Crippen MR) is 148 cm³/mol. The van der Waals surface area contributed by atoms with E-state index < -0.39 is 40.2 Å². The van der Waals surface area contributed by atoms with Crippen LogP contribution in [0.15, 0.2) is 94.9 Å². The number of halogens is 4. The van der Waals surface area contributed by atoms with Crippen molar-refractivity contribution >= 4 is 40.2 Å². The van der Waals surface area contributed by atoms with E-state index in [1.54, 1.807) is 6.07 Å². The molecule has 0 amide bonds. The number of pyridine rings is 1. The van der Waals surface area contributed by atoms with E-state index in [0.717, 1.165) is 36.6 Å². The standard InChI is InChI=1S/C30H22ClF3N2O4S/c31-21-9-6-18(7-10-21)27(17-4-5-17)36-22-11-12-25(35-16-22)28(37)19-8-13-26(24(14-19)29(38)39)41(40)23-3-1-2-20(15-23)30(32,33)34/h1-3,6-17,27,36H,4-5H2,(H,38,39). The van der Waals surface area contributed by atoms with Gasteiger partial charge in [-0.25, -0.2) is 4.79 Å². The van der Waals surface area contributed by atoms with E-state index in [1.165, 1.54) is 30.5 Å². The molecule has 2 unspecified atom stereocenters. The Labute approximate surface area is 241 Å². The van der Waals surface area contributed by atoms with Crippen molar-refractivity contribution in [2.24, 2.45) is 5.92 Å². The van der Waals surface area contributed by atoms with Gasteiger partial charge in [-0.05, 0) is 78.9 Å². The van der Waals surface area contributed by atoms with Crippen LogP contribution in [0.25, 0.3) is 0 Å². The minimum atomic E-state index is -4.65. The van der Waals surface area contributed by atoms with Crippen molar-refractivity contribution in [1.29, 1.82) is 0 Å². The number of nitrogens with one attached hydrogen (secondary N) is 1. The molecule has 1 saturated carbocycles. The fourth-order valence-electron chi connectivity index (χ4n) is 4.43. The smallest absolute Gasteiger partial charge is 0.416 e. The summed E-state index contributed by atoms with van der Waals surface area (Å²) in [5.41, 5.74) is 0.366. The number of anilines is 1. The summed E-state index contributed by atoms with van der Waals surface area (Å²) in [7, 11) is 0. The Bertz CT molecular complexity index is 1590. The minimum Gasteiger partial charge on any atom is -0.606 e. The summed E-state index contributed by atoms with van der Waals surface area (Å²) in [4.78, 5) is 28.9. The van der Waals surface area contributed by atoms with Crippen LogP contribution in [0.2, 0.25) is 5.02 Å². The Balaban J connectivity index is 1.36. The molecule has 3 aromatic carbocycles. The summed E-state index contributed by atoms with van der Waals surface area (Å²) in [6.07, 6.45) is -0.956. The fourth-order valence-corrected chi connectivity index (χ4v) is 5.78. The number of nitrogens with zero attached hydrogens (tertiary/aromatic N) is 1. The van der Waals surface area contributed by atoms with E-state index >= 15 is 0 Å². The number of carbonyl (C=O) groups excluding carboxylic acids is 1. The minimum absolute atomic E-state index is 0.0163. The van der Waals surface area contributed by atoms with Crippen LogP contribution in [0.4, 0.5) is 18.9 Å². The highest BCUT2D eigenvalue weighted by atomic mass is 35.5. The van der Waals surface area contributed by atoms with Gasteiger partial charge >= 0.3 is 12.1 Å². The monoisotopic (exact) mass is 598 g/mol. The molecule has 41 heavy (non-hydrogen) atoms. The van der Waals surface area contributed by atoms with E-state index in [2.05, 4.69) is 10.3 Å². The molecule has 0 aliphatic heterocycles. The number of rotatable bonds is 9. The predicted octanol–water partition coefficient (Wildman–Crippen LogP) is 7.41. The van der Waals surface area contributed by atoms with Crippen LogP contribution < -0.4 is 5.32 Å². The van der Waals surface area contributed by atoms with Crippen molar-refractivity contribution in [2.45, 2.75) is 34.9 Å². The molecule has 1 fully saturated rings. The number of aromatic nitrogens is 1. The first-order valence-electron chi connectivity index (χ1n) is 12.5. The first-order valence-corrected chi connectivity index (χ1v) is 14.0. The van der Waals surface area contributed by atoms with E-state index in [1.807, 2.05) is 24.3 Å². The Kier molecular flexibility index (Phi) is 8.08. The average Bonchev–Trinajstić information content (AvgIpc) is 3.81. The third-order valence-corrected chi connectivity index (χ3v) is 8.38. The zero-order chi connectivity index (χ0) is 29.3. The molecule has 0 spiro atoms. The third kappa shape index (κ3) is 6.56. The van der Waals surface area contributed by atoms with Crippen molar-refractivity contribution in [2.75, 3.05) is 5.32 Å². The molecule has 6 nitrogen and oxygen atoms in total. The number of alkyl halides is 3. The number of carbonyl (C=O) groups is 2. The first-order chi connectivity index (χ1) is 19.5. The average molecular weight is 599 g/mol. The maximum Gasteiger partial charge on any atom is 0.416 e. The van der Waals surface area contributed by atoms with Crippen molar-refractivity contribution in [3.05, 3.63) is 118 Å². The van der Waals surface area contributed by atoms with E-state index in [9.17, 15) is 32.4 Å². The normalized spacial score (nSPS) is 14.8. The van der Waals surface area contributed by atoms with Gasteiger partial charge in [0.2, 0.25) is 5.78 Å². The lowest BCUT2D eigenvalue weighted by molar-refractivity contribution is -0.137. The highest BCUT2D eigenvalue weighted by Gasteiger charge is 2.34. The zero-order valence-corrected chi connectivity index (χ0v) is 22.8. The first kappa shape index (κ1) is 28.7. The Hall–Kier alpha value is -3.86. The summed E-state index contributed by atoms with van der Waals surface area (Å²) in [6.45, 7) is 0. The molecule has 1 aliphatic carbocycles. The lowest BCUT2D eigenvalue weighted by Crippen LogP contribution is -2.14. The maximum absolute atomic E-state index is 13.1. The number of aromatic carboxylic acids is 1. The molecule has 210 valence electrons. The van der Waals surface area contributed by atoms with Gasteiger partial charge in [-0.15, -0.1) is 0 Å². The molecule has 1 aromatic heterocycles. The number of carboxylic acids is 1. The SMILES string of the molecule is O=C(c1ccc([S+]([O-])c2cccc(C(F)(F)F)c2)c(C(=O)O)c1)c1ccc(NC(c2ccc(Cl)cc2)C2CC2)cn1. The second-order valence-corrected chi connectivity index (χ2v) is 11.5. The van der Waals surface area contributed by atoms with Gasteiger partial charge in [0.25, 0.3) is 0 Å². The molecule has 0 saturated heterocycles. The highest BCUT2D eigenvalue weighted by molar-refractivity contribution is 7.91. The lowest BCUT2D eigenvalue weighted by Gasteiger charge is -2.20. The van der Waals surface area contributed by atoms with Crippen LogP contribution in [0.3, 0.4) is 0 Å². The molecule has 0 radical (unpaired) electrons. The molecule has 4 aromatic rings. The molecule has 5 rings (SSSR count). The molecule has 11 heteroatoms. The van der Waals surface area contributed by atoms with E-state index in [4.69, 9.17) is 11.6 Å². The van der Waals surface area contributed by atoms with Crippen molar-refractivity contribution < 1.29 is 32.4 Å². The zero-order valence-electron chi connectivity index (χ0n) is 21.2. The molecule has 0 bridgehead atoms. The summed E-state index contributed by atoms with van der Waals surface area (Å²) in [6, 6.07) is 18.3. The second-order valence-electron chi connectivity index (χ2n) is 9.58. The lowest BCUT2D eigenvalue weighted by atomic mass is 10.0. The van der Waals surface area contributed by atoms with Crippen LogP contribution in [0.5, 0.6) is 0 Å². The van der Waals surface area contributed by atoms with Gasteiger partial charge in [0.05, 0.1) is 23.5 Å². The molecule has 2 atom stereocenters. The van der Waals surface area contributed by atoms with Gasteiger partial charge in [0, 0.05) is 27.8 Å². The quantitative estimate of drug-likeness (QED) is 0.154. The highest BCUT2D eigenvalue weighted by Crippen LogP contribution is 2.43. The van der Waals surface area contributed by atoms with Gasteiger partial charge in [-0.2, -0.15) is 13.2 Å². The molecular weight excluding hydrogens is 577 g/mol. The number of carboxylic acid groups (broad SMARTS) is 1. The largest absolute Gasteiger partial charge is 0.606 e. The van der Waals surface area contributed by atoms with Gasteiger partial charge < -0.3 is 15.0 Å². The van der Waals surface area contributed by atoms with Crippen LogP contribution in [0, 0.1) is 5.92 Å². The second kappa shape index (κ2) is 11.6. The fraction of sp³-hybridized carbons (Fsp3) is 0.167. The molecular formula is C30H22ClF3N2O4S. The number of hydrogen-bond donors (Lipinski definition) is 2. The van der Waals surface area contributed by atoms with Gasteiger partial charge in [-0.1, -0.05) is 29.8 Å². The van der Waals surface area contributed by atoms with Gasteiger partial charge in [0.1, 0.15) is 11.3 Å². The Morgan fingerprint density at radius 3 is 2.37 bits per heavy atom. The van der Waals surface area contributed by atoms with E-state index in [-0.39, 0.29) is 27.1 Å². The summed E-state index contributed by atoms with van der Waals surface area (Å²) >= 11 is 3.78. The molecule has 1 aliphatic rings. The van der Waals surface area contributed by atoms with Gasteiger partial charge in [-0.3, -0.25) is 9.78 Å². The van der Waals surface area contributed by atoms with Crippen molar-refractivity contribution in [3.8, 4) is 0 Å². The summed E-state index contributed by atoms with van der Waals surface area (Å²) in [5.74, 6) is -1.57. The Morgan fingerprint density at radius 1 is 1.02 bits per heavy atom. The number of benzene rings is 3. The maximum atomic E-state index is 13.1. The number of hydrogen-bond acceptors (Lipinski definition) is 5. The van der Waals surface area contributed by atoms with Crippen LogP contribution in [-0.4, -0.2) is 26.4 Å². The van der Waals surface area contributed by atoms with Gasteiger partial charge in [0.15, 0.2) is 9.79 Å². The topological polar surface area (TPSA) is 102 Å². The van der Waals surface area contributed by atoms with Crippen LogP contribution in [-0.2, 0) is 17.4 Å². The summed E-state index contributed by atoms with van der Waals surface area (Å²) in [5, 5.41) is 13.8. The summed E-state index contributed by atoms with van der Waals surface area (Å²) < 4.78 is 52.4. The van der Waals surface area contributed by atoms with Crippen LogP contribution in [0.1, 0.15) is 56.4 Å². The Morgan fingerprint density at radius 2 is 1.76 bits per heavy atom. The molecule has 1 heterocycles. The molecule has 2 N–H and O–H groups in total. The third-order valence-electron chi connectivity index (χ3n) is 6.69. The van der Waals surface area contributed by atoms with Crippen molar-refractivity contribution in [1.82, 2.24) is 4.98 Å². The van der Waals surface area contributed by atoms with Crippen LogP contribution >= 0.6 is 11.6 Å². The van der Waals surface area contributed by atoms with E-state index in [0.29, 0.717) is 22.7 Å². The number of ketones is 1.